The lowest BCUT2D eigenvalue weighted by molar-refractivity contribution is -0.118. The highest BCUT2D eigenvalue weighted by Crippen LogP contribution is 2.30. The fourth-order valence-electron chi connectivity index (χ4n) is 2.15. The number of nitrogens with one attached hydrogen (secondary N) is 2. The SMILES string of the molecule is COc1cc2cc(CCNC(=O)CCl)c(=O)[nH]c2cc1OC. The number of halogens is 1. The number of fused-ring (bicyclic) bond motifs is 1. The first-order valence-corrected chi connectivity index (χ1v) is 7.23. The molecular weight excluding hydrogens is 308 g/mol. The molecule has 1 aromatic carbocycles. The lowest BCUT2D eigenvalue weighted by Gasteiger charge is -2.10. The minimum absolute atomic E-state index is 0.0922. The molecule has 2 rings (SSSR count). The van der Waals surface area contributed by atoms with Crippen molar-refractivity contribution in [3.8, 4) is 11.5 Å². The van der Waals surface area contributed by atoms with Crippen molar-refractivity contribution in [1.29, 1.82) is 0 Å². The number of pyridine rings is 1. The average Bonchev–Trinajstić information content (AvgIpc) is 2.53. The van der Waals surface area contributed by atoms with Crippen molar-refractivity contribution in [3.63, 3.8) is 0 Å². The van der Waals surface area contributed by atoms with Crippen LogP contribution in [0.3, 0.4) is 0 Å². The summed E-state index contributed by atoms with van der Waals surface area (Å²) in [4.78, 5) is 26.0. The minimum Gasteiger partial charge on any atom is -0.493 e. The van der Waals surface area contributed by atoms with Crippen LogP contribution in [0, 0.1) is 0 Å². The molecule has 0 radical (unpaired) electrons. The van der Waals surface area contributed by atoms with Crippen molar-refractivity contribution in [1.82, 2.24) is 10.3 Å². The van der Waals surface area contributed by atoms with Crippen LogP contribution >= 0.6 is 11.6 Å². The average molecular weight is 325 g/mol. The van der Waals surface area contributed by atoms with Gasteiger partial charge in [0.05, 0.1) is 19.7 Å². The Morgan fingerprint density at radius 2 is 1.91 bits per heavy atom. The van der Waals surface area contributed by atoms with Gasteiger partial charge in [0.15, 0.2) is 11.5 Å². The molecule has 0 aliphatic carbocycles. The molecular formula is C15H17ClN2O4. The predicted molar refractivity (Wildman–Crippen MR) is 85.1 cm³/mol. The number of methoxy groups -OCH3 is 2. The molecule has 118 valence electrons. The molecule has 0 aliphatic heterocycles. The van der Waals surface area contributed by atoms with E-state index in [0.29, 0.717) is 35.5 Å². The molecule has 0 bridgehead atoms. The van der Waals surface area contributed by atoms with Crippen molar-refractivity contribution >= 4 is 28.4 Å². The maximum absolute atomic E-state index is 12.1. The lowest BCUT2D eigenvalue weighted by atomic mass is 10.1. The van der Waals surface area contributed by atoms with Crippen molar-refractivity contribution in [2.24, 2.45) is 0 Å². The second-order valence-corrected chi connectivity index (χ2v) is 4.92. The van der Waals surface area contributed by atoms with Gasteiger partial charge in [0.1, 0.15) is 5.88 Å². The van der Waals surface area contributed by atoms with Gasteiger partial charge in [-0.05, 0) is 18.6 Å². The van der Waals surface area contributed by atoms with Crippen LogP contribution in [-0.4, -0.2) is 37.5 Å². The quantitative estimate of drug-likeness (QED) is 0.788. The van der Waals surface area contributed by atoms with Crippen molar-refractivity contribution in [3.05, 3.63) is 34.1 Å². The summed E-state index contributed by atoms with van der Waals surface area (Å²) in [5.41, 5.74) is 1.05. The first-order valence-electron chi connectivity index (χ1n) is 6.69. The van der Waals surface area contributed by atoms with Crippen LogP contribution in [0.15, 0.2) is 23.0 Å². The lowest BCUT2D eigenvalue weighted by Crippen LogP contribution is -2.28. The predicted octanol–water partition coefficient (Wildman–Crippen LogP) is 1.44. The van der Waals surface area contributed by atoms with Gasteiger partial charge in [0.2, 0.25) is 5.91 Å². The first-order chi connectivity index (χ1) is 10.6. The third-order valence-electron chi connectivity index (χ3n) is 3.26. The number of rotatable bonds is 6. The zero-order valence-electron chi connectivity index (χ0n) is 12.4. The van der Waals surface area contributed by atoms with E-state index < -0.39 is 0 Å². The highest BCUT2D eigenvalue weighted by Gasteiger charge is 2.09. The second kappa shape index (κ2) is 7.17. The van der Waals surface area contributed by atoms with Crippen LogP contribution in [0.4, 0.5) is 0 Å². The van der Waals surface area contributed by atoms with Crippen molar-refractivity contribution in [2.45, 2.75) is 6.42 Å². The highest BCUT2D eigenvalue weighted by molar-refractivity contribution is 6.27. The Morgan fingerprint density at radius 1 is 1.23 bits per heavy atom. The summed E-state index contributed by atoms with van der Waals surface area (Å²) in [6.45, 7) is 0.355. The van der Waals surface area contributed by atoms with Gasteiger partial charge in [-0.1, -0.05) is 0 Å². The monoisotopic (exact) mass is 324 g/mol. The summed E-state index contributed by atoms with van der Waals surface area (Å²) in [5.74, 6) is 0.784. The molecule has 2 N–H and O–H groups in total. The second-order valence-electron chi connectivity index (χ2n) is 4.65. The third-order valence-corrected chi connectivity index (χ3v) is 3.51. The number of aromatic nitrogens is 1. The number of ether oxygens (including phenoxy) is 2. The topological polar surface area (TPSA) is 80.4 Å². The third kappa shape index (κ3) is 3.51. The molecule has 6 nitrogen and oxygen atoms in total. The number of benzene rings is 1. The number of alkyl halides is 1. The summed E-state index contributed by atoms with van der Waals surface area (Å²) >= 11 is 5.40. The Hall–Kier alpha value is -2.21. The smallest absolute Gasteiger partial charge is 0.251 e. The Bertz CT molecular complexity index is 742. The summed E-state index contributed by atoms with van der Waals surface area (Å²) in [6, 6.07) is 5.29. The number of carbonyl (C=O) groups excluding carboxylic acids is 1. The molecule has 0 spiro atoms. The van der Waals surface area contributed by atoms with Crippen LogP contribution in [0.5, 0.6) is 11.5 Å². The molecule has 0 unspecified atom stereocenters. The van der Waals surface area contributed by atoms with E-state index >= 15 is 0 Å². The van der Waals surface area contributed by atoms with Gasteiger partial charge in [0.25, 0.3) is 5.56 Å². The zero-order valence-corrected chi connectivity index (χ0v) is 13.1. The molecule has 0 saturated carbocycles. The Kier molecular flexibility index (Phi) is 5.27. The number of hydrogen-bond acceptors (Lipinski definition) is 4. The maximum atomic E-state index is 12.1. The van der Waals surface area contributed by atoms with Crippen LogP contribution in [-0.2, 0) is 11.2 Å². The van der Waals surface area contributed by atoms with E-state index in [-0.39, 0.29) is 17.3 Å². The van der Waals surface area contributed by atoms with Crippen molar-refractivity contribution < 1.29 is 14.3 Å². The molecule has 0 fully saturated rings. The fraction of sp³-hybridized carbons (Fsp3) is 0.333. The zero-order chi connectivity index (χ0) is 16.1. The molecule has 1 heterocycles. The largest absolute Gasteiger partial charge is 0.493 e. The fourth-order valence-corrected chi connectivity index (χ4v) is 2.24. The Morgan fingerprint density at radius 3 is 2.55 bits per heavy atom. The molecule has 2 aromatic rings. The van der Waals surface area contributed by atoms with Crippen LogP contribution in [0.25, 0.3) is 10.9 Å². The van der Waals surface area contributed by atoms with Crippen LogP contribution in [0.1, 0.15) is 5.56 Å². The van der Waals surface area contributed by atoms with E-state index in [4.69, 9.17) is 21.1 Å². The summed E-state index contributed by atoms with van der Waals surface area (Å²) in [5, 5.41) is 3.46. The number of H-pyrrole nitrogens is 1. The van der Waals surface area contributed by atoms with Gasteiger partial charge in [0, 0.05) is 23.6 Å². The van der Waals surface area contributed by atoms with E-state index in [0.717, 1.165) is 5.39 Å². The maximum Gasteiger partial charge on any atom is 0.251 e. The number of hydrogen-bond donors (Lipinski definition) is 2. The van der Waals surface area contributed by atoms with E-state index in [2.05, 4.69) is 10.3 Å². The number of aromatic amines is 1. The Balaban J connectivity index is 2.31. The van der Waals surface area contributed by atoms with Gasteiger partial charge in [-0.3, -0.25) is 9.59 Å². The van der Waals surface area contributed by atoms with Crippen LogP contribution < -0.4 is 20.3 Å². The van der Waals surface area contributed by atoms with Gasteiger partial charge in [-0.15, -0.1) is 11.6 Å². The van der Waals surface area contributed by atoms with Gasteiger partial charge in [-0.25, -0.2) is 0 Å². The molecule has 22 heavy (non-hydrogen) atoms. The van der Waals surface area contributed by atoms with Gasteiger partial charge < -0.3 is 19.8 Å². The number of carbonyl (C=O) groups is 1. The molecule has 0 aliphatic rings. The Labute approximate surface area is 132 Å². The minimum atomic E-state index is -0.259. The van der Waals surface area contributed by atoms with E-state index in [1.807, 2.05) is 0 Å². The summed E-state index contributed by atoms with van der Waals surface area (Å²) in [7, 11) is 3.09. The molecule has 7 heteroatoms. The van der Waals surface area contributed by atoms with Gasteiger partial charge >= 0.3 is 0 Å². The highest BCUT2D eigenvalue weighted by atomic mass is 35.5. The van der Waals surface area contributed by atoms with Gasteiger partial charge in [-0.2, -0.15) is 0 Å². The molecule has 0 saturated heterocycles. The van der Waals surface area contributed by atoms with E-state index in [1.165, 1.54) is 7.11 Å². The first kappa shape index (κ1) is 16.2. The van der Waals surface area contributed by atoms with Crippen LogP contribution in [0.2, 0.25) is 0 Å². The standard InChI is InChI=1S/C15H17ClN2O4/c1-21-12-6-10-5-9(3-4-17-14(19)8-16)15(20)18-11(10)7-13(12)22-2/h5-7H,3-4,8H2,1-2H3,(H,17,19)(H,18,20). The van der Waals surface area contributed by atoms with E-state index in [9.17, 15) is 9.59 Å². The summed E-state index contributed by atoms with van der Waals surface area (Å²) in [6.07, 6.45) is 0.419. The van der Waals surface area contributed by atoms with E-state index in [1.54, 1.807) is 25.3 Å². The molecule has 1 aromatic heterocycles. The normalized spacial score (nSPS) is 10.5. The van der Waals surface area contributed by atoms with Crippen molar-refractivity contribution in [2.75, 3.05) is 26.6 Å². The number of amides is 1. The molecule has 1 amide bonds. The molecule has 0 atom stereocenters. The summed E-state index contributed by atoms with van der Waals surface area (Å²) < 4.78 is 10.5.